The van der Waals surface area contributed by atoms with Gasteiger partial charge in [-0.15, -0.1) is 22.7 Å². The van der Waals surface area contributed by atoms with Gasteiger partial charge < -0.3 is 28.4 Å². The van der Waals surface area contributed by atoms with E-state index >= 15 is 0 Å². The summed E-state index contributed by atoms with van der Waals surface area (Å²) in [5, 5.41) is 6.45. The third-order valence-electron chi connectivity index (χ3n) is 3.96. The standard InChI is InChI=1S/C15H8O6S3/c1-6(9-13(22-1)19-3-16-9)8-11-15(21-5-18-11)24-12(8)7-2-23-14-10(7)17-4-20-14/h1-2H,3-5H2. The van der Waals surface area contributed by atoms with Crippen molar-refractivity contribution in [2.75, 3.05) is 20.4 Å². The molecular formula is C15H8O6S3. The molecule has 0 fully saturated rings. The molecule has 3 aromatic rings. The third kappa shape index (κ3) is 1.64. The molecule has 122 valence electrons. The van der Waals surface area contributed by atoms with E-state index in [0.717, 1.165) is 54.0 Å². The molecule has 0 aromatic carbocycles. The van der Waals surface area contributed by atoms with Crippen molar-refractivity contribution >= 4 is 34.0 Å². The molecule has 6 nitrogen and oxygen atoms in total. The highest BCUT2D eigenvalue weighted by Gasteiger charge is 2.35. The molecule has 0 aliphatic carbocycles. The Bertz CT molecular complexity index is 968. The summed E-state index contributed by atoms with van der Waals surface area (Å²) in [7, 11) is 0. The van der Waals surface area contributed by atoms with Crippen LogP contribution in [0.25, 0.3) is 21.6 Å². The molecule has 3 aliphatic rings. The highest BCUT2D eigenvalue weighted by atomic mass is 32.1. The van der Waals surface area contributed by atoms with Crippen molar-refractivity contribution in [3.8, 4) is 54.0 Å². The second-order valence-electron chi connectivity index (χ2n) is 5.17. The van der Waals surface area contributed by atoms with E-state index in [-0.39, 0.29) is 20.4 Å². The molecule has 6 heterocycles. The Kier molecular flexibility index (Phi) is 2.60. The van der Waals surface area contributed by atoms with Crippen LogP contribution < -0.4 is 28.4 Å². The molecule has 0 atom stereocenters. The lowest BCUT2D eigenvalue weighted by molar-refractivity contribution is 0.174. The first kappa shape index (κ1) is 13.2. The van der Waals surface area contributed by atoms with Gasteiger partial charge in [-0.25, -0.2) is 0 Å². The topological polar surface area (TPSA) is 55.4 Å². The van der Waals surface area contributed by atoms with Gasteiger partial charge in [0, 0.05) is 21.9 Å². The summed E-state index contributed by atoms with van der Waals surface area (Å²) in [5.41, 5.74) is 2.92. The van der Waals surface area contributed by atoms with Crippen LogP contribution in [0.4, 0.5) is 0 Å². The first-order chi connectivity index (χ1) is 11.9. The lowest BCUT2D eigenvalue weighted by Crippen LogP contribution is -1.97. The van der Waals surface area contributed by atoms with Crippen LogP contribution >= 0.6 is 34.0 Å². The smallest absolute Gasteiger partial charge is 0.232 e. The Morgan fingerprint density at radius 1 is 0.625 bits per heavy atom. The molecule has 0 spiro atoms. The molecule has 3 aromatic heterocycles. The summed E-state index contributed by atoms with van der Waals surface area (Å²) in [5.74, 6) is 2.30. The van der Waals surface area contributed by atoms with Crippen molar-refractivity contribution < 1.29 is 28.4 Å². The SMILES string of the molecule is c1sc2c(c1-c1sc3c(c1-c1csc4c1OCO4)OCO3)OCO2. The number of thiophene rings is 3. The van der Waals surface area contributed by atoms with E-state index in [1.807, 2.05) is 10.8 Å². The molecule has 0 saturated carbocycles. The zero-order valence-corrected chi connectivity index (χ0v) is 14.4. The summed E-state index contributed by atoms with van der Waals surface area (Å²) in [4.78, 5) is 1.03. The fraction of sp³-hybridized carbons (Fsp3) is 0.200. The van der Waals surface area contributed by atoms with Crippen molar-refractivity contribution in [1.82, 2.24) is 0 Å². The zero-order valence-electron chi connectivity index (χ0n) is 12.0. The summed E-state index contributed by atoms with van der Waals surface area (Å²) < 4.78 is 33.6. The van der Waals surface area contributed by atoms with Crippen LogP contribution in [0.3, 0.4) is 0 Å². The summed E-state index contributed by atoms with van der Waals surface area (Å²) in [6, 6.07) is 0. The lowest BCUT2D eigenvalue weighted by atomic mass is 10.1. The van der Waals surface area contributed by atoms with Crippen molar-refractivity contribution in [1.29, 1.82) is 0 Å². The van der Waals surface area contributed by atoms with E-state index in [2.05, 4.69) is 0 Å². The van der Waals surface area contributed by atoms with Crippen LogP contribution in [0, 0.1) is 0 Å². The molecule has 6 rings (SSSR count). The van der Waals surface area contributed by atoms with Crippen molar-refractivity contribution in [3.05, 3.63) is 10.8 Å². The fourth-order valence-electron chi connectivity index (χ4n) is 2.94. The first-order valence-electron chi connectivity index (χ1n) is 7.07. The van der Waals surface area contributed by atoms with E-state index in [0.29, 0.717) is 0 Å². The number of hydrogen-bond donors (Lipinski definition) is 0. The van der Waals surface area contributed by atoms with E-state index < -0.39 is 0 Å². The van der Waals surface area contributed by atoms with Gasteiger partial charge in [-0.1, -0.05) is 11.3 Å². The highest BCUT2D eigenvalue weighted by molar-refractivity contribution is 7.19. The van der Waals surface area contributed by atoms with Crippen LogP contribution in [-0.4, -0.2) is 20.4 Å². The van der Waals surface area contributed by atoms with Crippen LogP contribution in [0.1, 0.15) is 0 Å². The Hall–Kier alpha value is -2.10. The van der Waals surface area contributed by atoms with Gasteiger partial charge in [0.05, 0.1) is 10.4 Å². The average molecular weight is 380 g/mol. The minimum Gasteiger partial charge on any atom is -0.452 e. The summed E-state index contributed by atoms with van der Waals surface area (Å²) in [6.07, 6.45) is 0. The van der Waals surface area contributed by atoms with Gasteiger partial charge in [-0.3, -0.25) is 0 Å². The third-order valence-corrected chi connectivity index (χ3v) is 6.81. The molecule has 9 heteroatoms. The van der Waals surface area contributed by atoms with Gasteiger partial charge in [0.15, 0.2) is 17.2 Å². The summed E-state index contributed by atoms with van der Waals surface area (Å²) in [6.45, 7) is 0.742. The van der Waals surface area contributed by atoms with Gasteiger partial charge >= 0.3 is 0 Å². The maximum atomic E-state index is 5.74. The first-order valence-corrected chi connectivity index (χ1v) is 9.65. The van der Waals surface area contributed by atoms with Crippen molar-refractivity contribution in [2.45, 2.75) is 0 Å². The Balaban J connectivity index is 1.61. The van der Waals surface area contributed by atoms with Gasteiger partial charge in [0.1, 0.15) is 0 Å². The second kappa shape index (κ2) is 4.71. The van der Waals surface area contributed by atoms with Crippen molar-refractivity contribution in [2.24, 2.45) is 0 Å². The molecule has 0 unspecified atom stereocenters. The van der Waals surface area contributed by atoms with Crippen LogP contribution in [0.2, 0.25) is 0 Å². The van der Waals surface area contributed by atoms with E-state index in [9.17, 15) is 0 Å². The van der Waals surface area contributed by atoms with Crippen LogP contribution in [-0.2, 0) is 0 Å². The summed E-state index contributed by atoms with van der Waals surface area (Å²) >= 11 is 4.60. The molecule has 0 bridgehead atoms. The zero-order chi connectivity index (χ0) is 15.7. The lowest BCUT2D eigenvalue weighted by Gasteiger charge is -2.06. The number of hydrogen-bond acceptors (Lipinski definition) is 9. The Morgan fingerprint density at radius 2 is 1.21 bits per heavy atom. The molecule has 0 radical (unpaired) electrons. The van der Waals surface area contributed by atoms with Crippen LogP contribution in [0.15, 0.2) is 10.8 Å². The molecule has 0 N–H and O–H groups in total. The molecular weight excluding hydrogens is 372 g/mol. The molecule has 24 heavy (non-hydrogen) atoms. The van der Waals surface area contributed by atoms with E-state index in [4.69, 9.17) is 28.4 Å². The molecule has 0 saturated heterocycles. The maximum absolute atomic E-state index is 5.74. The number of fused-ring (bicyclic) bond motifs is 3. The highest BCUT2D eigenvalue weighted by Crippen LogP contribution is 2.61. The van der Waals surface area contributed by atoms with Gasteiger partial charge in [-0.2, -0.15) is 0 Å². The van der Waals surface area contributed by atoms with Crippen LogP contribution in [0.5, 0.6) is 32.4 Å². The van der Waals surface area contributed by atoms with Gasteiger partial charge in [0.2, 0.25) is 35.6 Å². The molecule has 3 aliphatic heterocycles. The average Bonchev–Trinajstić information content (AvgIpc) is 3.35. The maximum Gasteiger partial charge on any atom is 0.232 e. The number of ether oxygens (including phenoxy) is 6. The number of rotatable bonds is 2. The second-order valence-corrected chi connectivity index (χ2v) is 7.84. The van der Waals surface area contributed by atoms with E-state index in [1.165, 1.54) is 22.7 Å². The largest absolute Gasteiger partial charge is 0.452 e. The predicted octanol–water partition coefficient (Wildman–Crippen LogP) is 4.39. The Labute approximate surface area is 147 Å². The van der Waals surface area contributed by atoms with Crippen molar-refractivity contribution in [3.63, 3.8) is 0 Å². The molecule has 0 amide bonds. The Morgan fingerprint density at radius 3 is 1.96 bits per heavy atom. The van der Waals surface area contributed by atoms with Gasteiger partial charge in [-0.05, 0) is 0 Å². The monoisotopic (exact) mass is 380 g/mol. The fourth-order valence-corrected chi connectivity index (χ4v) is 5.81. The minimum absolute atomic E-state index is 0.236. The van der Waals surface area contributed by atoms with Gasteiger partial charge in [0.25, 0.3) is 0 Å². The van der Waals surface area contributed by atoms with E-state index in [1.54, 1.807) is 11.3 Å². The predicted molar refractivity (Wildman–Crippen MR) is 89.3 cm³/mol. The normalized spacial score (nSPS) is 16.2. The minimum atomic E-state index is 0.236. The quantitative estimate of drug-likeness (QED) is 0.657.